The smallest absolute Gasteiger partial charge is 0.261 e. The van der Waals surface area contributed by atoms with Gasteiger partial charge in [-0.3, -0.25) is 9.59 Å². The molecule has 0 bridgehead atoms. The van der Waals surface area contributed by atoms with Crippen LogP contribution < -0.4 is 10.1 Å². The summed E-state index contributed by atoms with van der Waals surface area (Å²) >= 11 is 12.1. The molecule has 30 heavy (non-hydrogen) atoms. The van der Waals surface area contributed by atoms with Gasteiger partial charge in [0.2, 0.25) is 5.91 Å². The number of rotatable bonds is 9. The zero-order valence-electron chi connectivity index (χ0n) is 17.8. The summed E-state index contributed by atoms with van der Waals surface area (Å²) in [5.74, 6) is 0.110. The number of carbonyl (C=O) groups excluding carboxylic acids is 2. The van der Waals surface area contributed by atoms with E-state index in [1.807, 2.05) is 39.0 Å². The van der Waals surface area contributed by atoms with Crippen LogP contribution in [0.5, 0.6) is 5.75 Å². The van der Waals surface area contributed by atoms with Gasteiger partial charge >= 0.3 is 0 Å². The Kier molecular flexibility index (Phi) is 9.00. The van der Waals surface area contributed by atoms with Crippen molar-refractivity contribution in [1.82, 2.24) is 10.2 Å². The topological polar surface area (TPSA) is 58.6 Å². The lowest BCUT2D eigenvalue weighted by Gasteiger charge is -2.29. The zero-order chi connectivity index (χ0) is 22.3. The van der Waals surface area contributed by atoms with E-state index in [0.717, 1.165) is 23.1 Å². The third-order valence-electron chi connectivity index (χ3n) is 4.89. The minimum atomic E-state index is -0.665. The Bertz CT molecular complexity index is 902. The molecule has 162 valence electrons. The molecule has 2 amide bonds. The Morgan fingerprint density at radius 2 is 1.80 bits per heavy atom. The van der Waals surface area contributed by atoms with E-state index in [1.54, 1.807) is 25.1 Å². The standard InChI is InChI=1S/C23H28Cl2N2O3/c1-5-10-26-23(29)17(4)27(13-18-7-9-20(24)21(25)12-18)22(28)14-30-19-8-6-15(2)16(3)11-19/h6-9,11-12,17H,5,10,13-14H2,1-4H3,(H,26,29)/t17-/m1/s1. The molecule has 0 saturated heterocycles. The van der Waals surface area contributed by atoms with Gasteiger partial charge in [-0.25, -0.2) is 0 Å². The summed E-state index contributed by atoms with van der Waals surface area (Å²) in [6.07, 6.45) is 0.815. The number of amides is 2. The second kappa shape index (κ2) is 11.2. The normalized spacial score (nSPS) is 11.7. The van der Waals surface area contributed by atoms with Crippen molar-refractivity contribution >= 4 is 35.0 Å². The molecule has 0 heterocycles. The maximum absolute atomic E-state index is 13.0. The summed E-state index contributed by atoms with van der Waals surface area (Å²) in [5, 5.41) is 3.67. The first kappa shape index (κ1) is 24.0. The summed E-state index contributed by atoms with van der Waals surface area (Å²) in [5.41, 5.74) is 3.01. The average Bonchev–Trinajstić information content (AvgIpc) is 2.72. The second-order valence-electron chi connectivity index (χ2n) is 7.27. The number of nitrogens with one attached hydrogen (secondary N) is 1. The Morgan fingerprint density at radius 3 is 2.43 bits per heavy atom. The first-order chi connectivity index (χ1) is 14.2. The summed E-state index contributed by atoms with van der Waals surface area (Å²) in [4.78, 5) is 27.0. The number of carbonyl (C=O) groups is 2. The van der Waals surface area contributed by atoms with Crippen molar-refractivity contribution in [1.29, 1.82) is 0 Å². The van der Waals surface area contributed by atoms with Gasteiger partial charge in [-0.15, -0.1) is 0 Å². The SMILES string of the molecule is CCCNC(=O)[C@@H](C)N(Cc1ccc(Cl)c(Cl)c1)C(=O)COc1ccc(C)c(C)c1. The van der Waals surface area contributed by atoms with E-state index in [-0.39, 0.29) is 25.0 Å². The van der Waals surface area contributed by atoms with Gasteiger partial charge in [-0.1, -0.05) is 42.3 Å². The van der Waals surface area contributed by atoms with Gasteiger partial charge in [0.25, 0.3) is 5.91 Å². The highest BCUT2D eigenvalue weighted by molar-refractivity contribution is 6.42. The molecule has 0 aliphatic rings. The Balaban J connectivity index is 2.17. The number of hydrogen-bond acceptors (Lipinski definition) is 3. The van der Waals surface area contributed by atoms with E-state index in [4.69, 9.17) is 27.9 Å². The minimum absolute atomic E-state index is 0.171. The van der Waals surface area contributed by atoms with E-state index in [9.17, 15) is 9.59 Å². The molecule has 0 fully saturated rings. The Labute approximate surface area is 188 Å². The largest absolute Gasteiger partial charge is 0.484 e. The average molecular weight is 451 g/mol. The van der Waals surface area contributed by atoms with Crippen molar-refractivity contribution in [3.63, 3.8) is 0 Å². The fourth-order valence-electron chi connectivity index (χ4n) is 2.84. The van der Waals surface area contributed by atoms with Crippen molar-refractivity contribution in [2.45, 2.75) is 46.7 Å². The Morgan fingerprint density at radius 1 is 1.07 bits per heavy atom. The molecule has 0 unspecified atom stereocenters. The quantitative estimate of drug-likeness (QED) is 0.588. The summed E-state index contributed by atoms with van der Waals surface area (Å²) in [6, 6.07) is 10.2. The summed E-state index contributed by atoms with van der Waals surface area (Å²) < 4.78 is 5.71. The third-order valence-corrected chi connectivity index (χ3v) is 5.63. The lowest BCUT2D eigenvalue weighted by atomic mass is 10.1. The predicted molar refractivity (Wildman–Crippen MR) is 121 cm³/mol. The maximum Gasteiger partial charge on any atom is 0.261 e. The summed E-state index contributed by atoms with van der Waals surface area (Å²) in [7, 11) is 0. The van der Waals surface area contributed by atoms with Crippen molar-refractivity contribution < 1.29 is 14.3 Å². The third kappa shape index (κ3) is 6.64. The van der Waals surface area contributed by atoms with Crippen molar-refractivity contribution in [3.05, 3.63) is 63.1 Å². The van der Waals surface area contributed by atoms with Crippen molar-refractivity contribution in [3.8, 4) is 5.75 Å². The van der Waals surface area contributed by atoms with Crippen LogP contribution in [0, 0.1) is 13.8 Å². The molecule has 0 aromatic heterocycles. The molecule has 0 radical (unpaired) electrons. The Hall–Kier alpha value is -2.24. The van der Waals surface area contributed by atoms with Gasteiger partial charge in [0.05, 0.1) is 10.0 Å². The molecule has 1 N–H and O–H groups in total. The maximum atomic E-state index is 13.0. The van der Waals surface area contributed by atoms with Crippen LogP contribution in [0.4, 0.5) is 0 Å². The highest BCUT2D eigenvalue weighted by Crippen LogP contribution is 2.24. The first-order valence-corrected chi connectivity index (χ1v) is 10.7. The fourth-order valence-corrected chi connectivity index (χ4v) is 3.17. The molecule has 2 rings (SSSR count). The molecule has 2 aromatic carbocycles. The lowest BCUT2D eigenvalue weighted by Crippen LogP contribution is -2.49. The van der Waals surface area contributed by atoms with E-state index in [2.05, 4.69) is 5.32 Å². The predicted octanol–water partition coefficient (Wildman–Crippen LogP) is 4.93. The van der Waals surface area contributed by atoms with Gasteiger partial charge in [0, 0.05) is 13.1 Å². The lowest BCUT2D eigenvalue weighted by molar-refractivity contribution is -0.142. The number of halogens is 2. The van der Waals surface area contributed by atoms with Crippen molar-refractivity contribution in [2.24, 2.45) is 0 Å². The van der Waals surface area contributed by atoms with Gasteiger partial charge in [-0.2, -0.15) is 0 Å². The van der Waals surface area contributed by atoms with E-state index >= 15 is 0 Å². The number of nitrogens with zero attached hydrogens (tertiary/aromatic N) is 1. The highest BCUT2D eigenvalue weighted by atomic mass is 35.5. The van der Waals surface area contributed by atoms with Gasteiger partial charge in [-0.05, 0) is 68.1 Å². The molecule has 5 nitrogen and oxygen atoms in total. The van der Waals surface area contributed by atoms with Crippen LogP contribution in [0.2, 0.25) is 10.0 Å². The molecule has 2 aromatic rings. The van der Waals surface area contributed by atoms with E-state index in [1.165, 1.54) is 4.90 Å². The molecular formula is C23H28Cl2N2O3. The minimum Gasteiger partial charge on any atom is -0.484 e. The van der Waals surface area contributed by atoms with Gasteiger partial charge in [0.15, 0.2) is 6.61 Å². The van der Waals surface area contributed by atoms with Crippen LogP contribution in [0.15, 0.2) is 36.4 Å². The molecule has 1 atom stereocenters. The van der Waals surface area contributed by atoms with Crippen LogP contribution >= 0.6 is 23.2 Å². The number of ether oxygens (including phenoxy) is 1. The molecular weight excluding hydrogens is 423 g/mol. The number of aryl methyl sites for hydroxylation is 2. The van der Waals surface area contributed by atoms with Gasteiger partial charge in [0.1, 0.15) is 11.8 Å². The number of hydrogen-bond donors (Lipinski definition) is 1. The van der Waals surface area contributed by atoms with Crippen molar-refractivity contribution in [2.75, 3.05) is 13.2 Å². The van der Waals surface area contributed by atoms with Crippen LogP contribution in [0.25, 0.3) is 0 Å². The molecule has 0 aliphatic carbocycles. The van der Waals surface area contributed by atoms with E-state index < -0.39 is 6.04 Å². The van der Waals surface area contributed by atoms with Crippen LogP contribution in [0.1, 0.15) is 37.0 Å². The second-order valence-corrected chi connectivity index (χ2v) is 8.09. The monoisotopic (exact) mass is 450 g/mol. The first-order valence-electron chi connectivity index (χ1n) is 9.94. The number of benzene rings is 2. The molecule has 7 heteroatoms. The fraction of sp³-hybridized carbons (Fsp3) is 0.391. The molecule has 0 saturated carbocycles. The van der Waals surface area contributed by atoms with Gasteiger partial charge < -0.3 is 15.0 Å². The van der Waals surface area contributed by atoms with E-state index in [0.29, 0.717) is 22.3 Å². The molecule has 0 aliphatic heterocycles. The van der Waals surface area contributed by atoms with Crippen LogP contribution in [-0.4, -0.2) is 35.9 Å². The summed E-state index contributed by atoms with van der Waals surface area (Å²) in [6.45, 7) is 8.27. The zero-order valence-corrected chi connectivity index (χ0v) is 19.3. The highest BCUT2D eigenvalue weighted by Gasteiger charge is 2.26. The van der Waals surface area contributed by atoms with Crippen LogP contribution in [-0.2, 0) is 16.1 Å². The van der Waals surface area contributed by atoms with Crippen LogP contribution in [0.3, 0.4) is 0 Å². The molecule has 0 spiro atoms.